The molecule has 1 aliphatic heterocycles. The van der Waals surface area contributed by atoms with Gasteiger partial charge >= 0.3 is 0 Å². The van der Waals surface area contributed by atoms with Crippen LogP contribution < -0.4 is 10.2 Å². The summed E-state index contributed by atoms with van der Waals surface area (Å²) in [6, 6.07) is 5.76. The topological polar surface area (TPSA) is 28.2 Å². The summed E-state index contributed by atoms with van der Waals surface area (Å²) >= 11 is 0. The van der Waals surface area contributed by atoms with Gasteiger partial charge in [-0.25, -0.2) is 0 Å². The van der Waals surface area contributed by atoms with Crippen molar-refractivity contribution in [3.63, 3.8) is 0 Å². The van der Waals surface area contributed by atoms with Gasteiger partial charge in [0.1, 0.15) is 0 Å². The molecular weight excluding hydrogens is 258 g/mol. The molecule has 0 bridgehead atoms. The van der Waals surface area contributed by atoms with Crippen molar-refractivity contribution in [2.24, 2.45) is 5.92 Å². The number of rotatable bonds is 4. The predicted octanol–water partition coefficient (Wildman–Crippen LogP) is 3.61. The summed E-state index contributed by atoms with van der Waals surface area (Å²) in [7, 11) is 0. The lowest BCUT2D eigenvalue weighted by molar-refractivity contribution is 0.224. The fourth-order valence-corrected chi connectivity index (χ4v) is 4.08. The Morgan fingerprint density at radius 1 is 1.10 bits per heavy atom. The summed E-state index contributed by atoms with van der Waals surface area (Å²) in [5.74, 6) is 0.914. The number of anilines is 1. The van der Waals surface area contributed by atoms with Gasteiger partial charge in [0.05, 0.1) is 0 Å². The summed E-state index contributed by atoms with van der Waals surface area (Å²) in [6.07, 6.45) is 13.4. The second-order valence-electron chi connectivity index (χ2n) is 6.69. The van der Waals surface area contributed by atoms with Crippen molar-refractivity contribution in [1.29, 1.82) is 0 Å². The number of hydrogen-bond acceptors (Lipinski definition) is 3. The van der Waals surface area contributed by atoms with Crippen LogP contribution in [0.4, 0.5) is 5.69 Å². The minimum atomic E-state index is 0.722. The summed E-state index contributed by atoms with van der Waals surface area (Å²) in [5, 5.41) is 3.99. The van der Waals surface area contributed by atoms with Crippen LogP contribution in [0.3, 0.4) is 0 Å². The maximum Gasteiger partial charge on any atom is 0.0397 e. The fraction of sp³-hybridized carbons (Fsp3) is 0.722. The second kappa shape index (κ2) is 7.26. The van der Waals surface area contributed by atoms with Gasteiger partial charge in [-0.3, -0.25) is 4.98 Å². The predicted molar refractivity (Wildman–Crippen MR) is 88.6 cm³/mol. The van der Waals surface area contributed by atoms with E-state index in [-0.39, 0.29) is 0 Å². The van der Waals surface area contributed by atoms with Crippen LogP contribution in [0.2, 0.25) is 0 Å². The lowest BCUT2D eigenvalue weighted by Gasteiger charge is -2.39. The van der Waals surface area contributed by atoms with Crippen LogP contribution in [0.5, 0.6) is 0 Å². The van der Waals surface area contributed by atoms with E-state index in [1.807, 2.05) is 12.4 Å². The fourth-order valence-electron chi connectivity index (χ4n) is 4.08. The molecule has 0 amide bonds. The van der Waals surface area contributed by atoms with Crippen molar-refractivity contribution < 1.29 is 0 Å². The van der Waals surface area contributed by atoms with E-state index in [0.29, 0.717) is 0 Å². The Bertz CT molecular complexity index is 412. The third kappa shape index (κ3) is 3.76. The van der Waals surface area contributed by atoms with Gasteiger partial charge in [-0.05, 0) is 43.7 Å². The van der Waals surface area contributed by atoms with Gasteiger partial charge in [-0.1, -0.05) is 26.2 Å². The lowest BCUT2D eigenvalue weighted by atomic mass is 9.82. The van der Waals surface area contributed by atoms with Crippen LogP contribution in [-0.4, -0.2) is 30.2 Å². The average Bonchev–Trinajstić information content (AvgIpc) is 2.57. The summed E-state index contributed by atoms with van der Waals surface area (Å²) < 4.78 is 0. The van der Waals surface area contributed by atoms with Gasteiger partial charge in [-0.2, -0.15) is 0 Å². The number of nitrogens with one attached hydrogen (secondary N) is 1. The number of pyridine rings is 1. The normalized spacial score (nSPS) is 27.8. The molecule has 0 spiro atoms. The number of aromatic nitrogens is 1. The van der Waals surface area contributed by atoms with Crippen molar-refractivity contribution in [2.45, 2.75) is 64.0 Å². The highest BCUT2D eigenvalue weighted by Gasteiger charge is 2.27. The SMILES string of the molecule is CCC1CCCCC1NC1CCN(c2ccncc2)CC1. The molecular formula is C18H29N3. The number of nitrogens with zero attached hydrogens (tertiary/aromatic N) is 2. The third-order valence-corrected chi connectivity index (χ3v) is 5.41. The first kappa shape index (κ1) is 14.8. The zero-order valence-electron chi connectivity index (χ0n) is 13.3. The Hall–Kier alpha value is -1.09. The molecule has 1 aromatic heterocycles. The summed E-state index contributed by atoms with van der Waals surface area (Å²) in [5.41, 5.74) is 1.33. The quantitative estimate of drug-likeness (QED) is 0.917. The molecule has 3 heteroatoms. The zero-order chi connectivity index (χ0) is 14.5. The molecule has 2 atom stereocenters. The van der Waals surface area contributed by atoms with E-state index in [1.54, 1.807) is 0 Å². The highest BCUT2D eigenvalue weighted by molar-refractivity contribution is 5.44. The molecule has 1 saturated heterocycles. The summed E-state index contributed by atoms with van der Waals surface area (Å²) in [4.78, 5) is 6.61. The van der Waals surface area contributed by atoms with Crippen LogP contribution in [0.1, 0.15) is 51.9 Å². The Kier molecular flexibility index (Phi) is 5.13. The molecule has 0 radical (unpaired) electrons. The lowest BCUT2D eigenvalue weighted by Crippen LogP contribution is -2.49. The van der Waals surface area contributed by atoms with Crippen LogP contribution in [0, 0.1) is 5.92 Å². The van der Waals surface area contributed by atoms with Gasteiger partial charge in [0.15, 0.2) is 0 Å². The molecule has 1 aliphatic carbocycles. The maximum absolute atomic E-state index is 4.11. The first-order valence-corrected chi connectivity index (χ1v) is 8.78. The molecule has 2 fully saturated rings. The molecule has 1 aromatic rings. The van der Waals surface area contributed by atoms with Crippen molar-refractivity contribution in [3.8, 4) is 0 Å². The van der Waals surface area contributed by atoms with E-state index in [2.05, 4.69) is 34.3 Å². The van der Waals surface area contributed by atoms with Gasteiger partial charge in [0, 0.05) is 43.3 Å². The monoisotopic (exact) mass is 287 g/mol. The molecule has 21 heavy (non-hydrogen) atoms. The van der Waals surface area contributed by atoms with E-state index in [0.717, 1.165) is 18.0 Å². The van der Waals surface area contributed by atoms with Gasteiger partial charge in [-0.15, -0.1) is 0 Å². The Balaban J connectivity index is 1.49. The van der Waals surface area contributed by atoms with E-state index >= 15 is 0 Å². The molecule has 116 valence electrons. The molecule has 3 rings (SSSR count). The molecule has 1 saturated carbocycles. The molecule has 3 nitrogen and oxygen atoms in total. The highest BCUT2D eigenvalue weighted by Crippen LogP contribution is 2.28. The van der Waals surface area contributed by atoms with Crippen LogP contribution in [-0.2, 0) is 0 Å². The molecule has 2 heterocycles. The Labute approximate surface area is 129 Å². The maximum atomic E-state index is 4.11. The van der Waals surface area contributed by atoms with E-state index < -0.39 is 0 Å². The van der Waals surface area contributed by atoms with Crippen molar-refractivity contribution in [1.82, 2.24) is 10.3 Å². The standard InChI is InChI=1S/C18H29N3/c1-2-15-5-3-4-6-18(15)20-16-9-13-21(14-10-16)17-7-11-19-12-8-17/h7-8,11-12,15-16,18,20H,2-6,9-10,13-14H2,1H3. The van der Waals surface area contributed by atoms with Crippen molar-refractivity contribution in [3.05, 3.63) is 24.5 Å². The second-order valence-corrected chi connectivity index (χ2v) is 6.69. The minimum Gasteiger partial charge on any atom is -0.371 e. The van der Waals surface area contributed by atoms with Gasteiger partial charge < -0.3 is 10.2 Å². The smallest absolute Gasteiger partial charge is 0.0397 e. The van der Waals surface area contributed by atoms with Crippen molar-refractivity contribution in [2.75, 3.05) is 18.0 Å². The first-order chi connectivity index (χ1) is 10.4. The van der Waals surface area contributed by atoms with Crippen LogP contribution >= 0.6 is 0 Å². The van der Waals surface area contributed by atoms with Gasteiger partial charge in [0.25, 0.3) is 0 Å². The van der Waals surface area contributed by atoms with E-state index in [9.17, 15) is 0 Å². The molecule has 2 aliphatic rings. The molecule has 1 N–H and O–H groups in total. The zero-order valence-corrected chi connectivity index (χ0v) is 13.3. The summed E-state index contributed by atoms with van der Waals surface area (Å²) in [6.45, 7) is 4.70. The minimum absolute atomic E-state index is 0.722. The first-order valence-electron chi connectivity index (χ1n) is 8.78. The third-order valence-electron chi connectivity index (χ3n) is 5.41. The van der Waals surface area contributed by atoms with E-state index in [1.165, 1.54) is 63.7 Å². The average molecular weight is 287 g/mol. The largest absolute Gasteiger partial charge is 0.371 e. The molecule has 0 aromatic carbocycles. The van der Waals surface area contributed by atoms with Gasteiger partial charge in [0.2, 0.25) is 0 Å². The van der Waals surface area contributed by atoms with Crippen LogP contribution in [0.25, 0.3) is 0 Å². The highest BCUT2D eigenvalue weighted by atomic mass is 15.2. The van der Waals surface area contributed by atoms with E-state index in [4.69, 9.17) is 0 Å². The molecule has 2 unspecified atom stereocenters. The number of hydrogen-bond donors (Lipinski definition) is 1. The Morgan fingerprint density at radius 2 is 1.81 bits per heavy atom. The number of piperidine rings is 1. The Morgan fingerprint density at radius 3 is 2.52 bits per heavy atom. The van der Waals surface area contributed by atoms with Crippen LogP contribution in [0.15, 0.2) is 24.5 Å². The van der Waals surface area contributed by atoms with Crippen molar-refractivity contribution >= 4 is 5.69 Å².